The minimum absolute atomic E-state index is 0.00216. The zero-order valence-corrected chi connectivity index (χ0v) is 19.6. The second kappa shape index (κ2) is 10.3. The average molecular weight is 452 g/mol. The summed E-state index contributed by atoms with van der Waals surface area (Å²) in [5, 5.41) is 0.488. The first-order valence-electron chi connectivity index (χ1n) is 9.97. The van der Waals surface area contributed by atoms with E-state index in [1.54, 1.807) is 46.0 Å². The maximum atomic E-state index is 13.1. The van der Waals surface area contributed by atoms with Gasteiger partial charge < -0.3 is 9.47 Å². The molecule has 2 rings (SSSR count). The summed E-state index contributed by atoms with van der Waals surface area (Å²) in [6.07, 6.45) is 3.64. The number of carbonyl (C=O) groups is 1. The van der Waals surface area contributed by atoms with E-state index in [1.165, 1.54) is 0 Å². The Morgan fingerprint density at radius 2 is 2.00 bits per heavy atom. The van der Waals surface area contributed by atoms with Crippen LogP contribution < -0.4 is 0 Å². The quantitative estimate of drug-likeness (QED) is 0.493. The molecule has 0 aliphatic heterocycles. The molecule has 2 aromatic rings. The minimum atomic E-state index is -3.70. The number of nitrogens with zero attached hydrogens (tertiary/aromatic N) is 3. The number of sulfone groups is 1. The third-order valence-corrected chi connectivity index (χ3v) is 6.32. The van der Waals surface area contributed by atoms with Gasteiger partial charge >= 0.3 is 0 Å². The van der Waals surface area contributed by atoms with Crippen LogP contribution in [-0.2, 0) is 26.9 Å². The SMILES string of the molecule is C=CCN(Cc1cnc(S(=O)(=O)Cc2cccc(Cl)c2)n1C(C)C)C(=O)CC(C)C. The van der Waals surface area contributed by atoms with Crippen molar-refractivity contribution in [2.75, 3.05) is 6.54 Å². The van der Waals surface area contributed by atoms with E-state index in [9.17, 15) is 13.2 Å². The number of halogens is 1. The zero-order valence-electron chi connectivity index (χ0n) is 18.0. The molecule has 0 saturated heterocycles. The van der Waals surface area contributed by atoms with E-state index in [0.29, 0.717) is 29.2 Å². The van der Waals surface area contributed by atoms with Crippen LogP contribution in [0.2, 0.25) is 5.02 Å². The van der Waals surface area contributed by atoms with Gasteiger partial charge in [0.05, 0.1) is 24.2 Å². The normalized spacial score (nSPS) is 11.8. The first-order valence-corrected chi connectivity index (χ1v) is 12.0. The van der Waals surface area contributed by atoms with Crippen LogP contribution in [0.1, 0.15) is 51.4 Å². The van der Waals surface area contributed by atoms with Crippen LogP contribution in [0.4, 0.5) is 0 Å². The lowest BCUT2D eigenvalue weighted by molar-refractivity contribution is -0.132. The molecule has 1 amide bonds. The van der Waals surface area contributed by atoms with E-state index in [2.05, 4.69) is 11.6 Å². The first-order chi connectivity index (χ1) is 14.0. The zero-order chi connectivity index (χ0) is 22.5. The predicted octanol–water partition coefficient (Wildman–Crippen LogP) is 4.65. The molecule has 0 fully saturated rings. The molecule has 6 nitrogen and oxygen atoms in total. The van der Waals surface area contributed by atoms with Gasteiger partial charge in [0.15, 0.2) is 0 Å². The van der Waals surface area contributed by atoms with Gasteiger partial charge in [-0.1, -0.05) is 43.7 Å². The number of amides is 1. The van der Waals surface area contributed by atoms with Gasteiger partial charge in [-0.2, -0.15) is 0 Å². The van der Waals surface area contributed by atoms with Crippen LogP contribution in [0.15, 0.2) is 48.3 Å². The molecule has 0 saturated carbocycles. The van der Waals surface area contributed by atoms with Crippen LogP contribution in [0.5, 0.6) is 0 Å². The summed E-state index contributed by atoms with van der Waals surface area (Å²) in [6.45, 7) is 12.2. The lowest BCUT2D eigenvalue weighted by Gasteiger charge is -2.24. The fourth-order valence-electron chi connectivity index (χ4n) is 3.27. The number of hydrogen-bond donors (Lipinski definition) is 0. The van der Waals surface area contributed by atoms with E-state index < -0.39 is 9.84 Å². The molecule has 164 valence electrons. The van der Waals surface area contributed by atoms with Crippen molar-refractivity contribution in [3.63, 3.8) is 0 Å². The van der Waals surface area contributed by atoms with Gasteiger partial charge in [-0.25, -0.2) is 13.4 Å². The van der Waals surface area contributed by atoms with Gasteiger partial charge in [-0.3, -0.25) is 4.79 Å². The molecule has 30 heavy (non-hydrogen) atoms. The van der Waals surface area contributed by atoms with Crippen LogP contribution >= 0.6 is 11.6 Å². The largest absolute Gasteiger partial charge is 0.333 e. The highest BCUT2D eigenvalue weighted by molar-refractivity contribution is 7.90. The minimum Gasteiger partial charge on any atom is -0.333 e. The van der Waals surface area contributed by atoms with Crippen molar-refractivity contribution in [1.29, 1.82) is 0 Å². The van der Waals surface area contributed by atoms with E-state index >= 15 is 0 Å². The van der Waals surface area contributed by atoms with E-state index in [0.717, 1.165) is 0 Å². The van der Waals surface area contributed by atoms with Crippen molar-refractivity contribution in [1.82, 2.24) is 14.5 Å². The number of carbonyl (C=O) groups excluding carboxylic acids is 1. The molecular formula is C22H30ClN3O3S. The molecule has 0 unspecified atom stereocenters. The Morgan fingerprint density at radius 3 is 2.57 bits per heavy atom. The molecule has 1 aromatic heterocycles. The Bertz CT molecular complexity index is 997. The standard InChI is InChI=1S/C22H30ClN3O3S/c1-6-10-25(21(27)11-16(2)3)14-20-13-24-22(26(20)17(4)5)30(28,29)15-18-8-7-9-19(23)12-18/h6-9,12-13,16-17H,1,10-11,14-15H2,2-5H3. The molecular weight excluding hydrogens is 422 g/mol. The Kier molecular flexibility index (Phi) is 8.26. The molecule has 0 radical (unpaired) electrons. The van der Waals surface area contributed by atoms with E-state index in [4.69, 9.17) is 11.6 Å². The third kappa shape index (κ3) is 6.19. The highest BCUT2D eigenvalue weighted by Gasteiger charge is 2.27. The van der Waals surface area contributed by atoms with Crippen molar-refractivity contribution < 1.29 is 13.2 Å². The van der Waals surface area contributed by atoms with E-state index in [1.807, 2.05) is 27.7 Å². The van der Waals surface area contributed by atoms with Gasteiger partial charge in [-0.05, 0) is 37.5 Å². The van der Waals surface area contributed by atoms with Crippen molar-refractivity contribution in [2.24, 2.45) is 5.92 Å². The topological polar surface area (TPSA) is 72.3 Å². The predicted molar refractivity (Wildman–Crippen MR) is 120 cm³/mol. The summed E-state index contributed by atoms with van der Waals surface area (Å²) in [5.74, 6) is 0.0394. The molecule has 0 aliphatic rings. The number of aromatic nitrogens is 2. The fraction of sp³-hybridized carbons (Fsp3) is 0.455. The van der Waals surface area contributed by atoms with Crippen molar-refractivity contribution in [3.05, 3.63) is 59.4 Å². The van der Waals surface area contributed by atoms with Gasteiger partial charge in [0.25, 0.3) is 0 Å². The maximum absolute atomic E-state index is 13.1. The van der Waals surface area contributed by atoms with Crippen LogP contribution in [0.25, 0.3) is 0 Å². The summed E-state index contributed by atoms with van der Waals surface area (Å²) in [6, 6.07) is 6.65. The highest BCUT2D eigenvalue weighted by atomic mass is 35.5. The smallest absolute Gasteiger partial charge is 0.228 e. The molecule has 1 heterocycles. The molecule has 0 atom stereocenters. The van der Waals surface area contributed by atoms with Gasteiger partial charge in [-0.15, -0.1) is 6.58 Å². The fourth-order valence-corrected chi connectivity index (χ4v) is 5.07. The van der Waals surface area contributed by atoms with Crippen LogP contribution in [0.3, 0.4) is 0 Å². The Balaban J connectivity index is 2.37. The number of benzene rings is 1. The summed E-state index contributed by atoms with van der Waals surface area (Å²) >= 11 is 6.00. The lowest BCUT2D eigenvalue weighted by Crippen LogP contribution is -2.32. The summed E-state index contributed by atoms with van der Waals surface area (Å²) in [4.78, 5) is 18.5. The molecule has 0 aliphatic carbocycles. The summed E-state index contributed by atoms with van der Waals surface area (Å²) < 4.78 is 27.9. The molecule has 0 N–H and O–H groups in total. The Labute approximate surface area is 184 Å². The summed E-state index contributed by atoms with van der Waals surface area (Å²) in [7, 11) is -3.70. The average Bonchev–Trinajstić information content (AvgIpc) is 3.05. The first kappa shape index (κ1) is 24.2. The van der Waals surface area contributed by atoms with Crippen molar-refractivity contribution >= 4 is 27.3 Å². The monoisotopic (exact) mass is 451 g/mol. The Morgan fingerprint density at radius 1 is 1.30 bits per heavy atom. The highest BCUT2D eigenvalue weighted by Crippen LogP contribution is 2.24. The Hall–Kier alpha value is -2.12. The van der Waals surface area contributed by atoms with Gasteiger partial charge in [0, 0.05) is 24.0 Å². The number of imidazole rings is 1. The molecule has 1 aromatic carbocycles. The molecule has 0 bridgehead atoms. The maximum Gasteiger partial charge on any atom is 0.228 e. The molecule has 0 spiro atoms. The van der Waals surface area contributed by atoms with Crippen LogP contribution in [-0.4, -0.2) is 35.3 Å². The lowest BCUT2D eigenvalue weighted by atomic mass is 10.1. The van der Waals surface area contributed by atoms with Gasteiger partial charge in [0.2, 0.25) is 20.9 Å². The van der Waals surface area contributed by atoms with Gasteiger partial charge in [0.1, 0.15) is 0 Å². The van der Waals surface area contributed by atoms with Crippen molar-refractivity contribution in [2.45, 2.75) is 57.6 Å². The van der Waals surface area contributed by atoms with Crippen LogP contribution in [0, 0.1) is 5.92 Å². The number of hydrogen-bond acceptors (Lipinski definition) is 4. The summed E-state index contributed by atoms with van der Waals surface area (Å²) in [5.41, 5.74) is 1.27. The molecule has 8 heteroatoms. The van der Waals surface area contributed by atoms with E-state index in [-0.39, 0.29) is 35.3 Å². The number of rotatable bonds is 10. The second-order valence-electron chi connectivity index (χ2n) is 8.05. The third-order valence-electron chi connectivity index (χ3n) is 4.52. The second-order valence-corrected chi connectivity index (χ2v) is 10.4. The van der Waals surface area contributed by atoms with Crippen molar-refractivity contribution in [3.8, 4) is 0 Å².